The van der Waals surface area contributed by atoms with E-state index in [4.69, 9.17) is 20.1 Å². The molecule has 18 heavy (non-hydrogen) atoms. The highest BCUT2D eigenvalue weighted by Crippen LogP contribution is 2.05. The zero-order chi connectivity index (χ0) is 13.6. The van der Waals surface area contributed by atoms with Gasteiger partial charge in [-0.2, -0.15) is 0 Å². The predicted molar refractivity (Wildman–Crippen MR) is 68.0 cm³/mol. The fraction of sp³-hybridized carbons (Fsp3) is 0.769. The van der Waals surface area contributed by atoms with Crippen molar-refractivity contribution in [2.45, 2.75) is 44.6 Å². The van der Waals surface area contributed by atoms with Crippen LogP contribution in [0.2, 0.25) is 0 Å². The molecule has 0 amide bonds. The molecule has 3 N–H and O–H groups in total. The van der Waals surface area contributed by atoms with Crippen LogP contribution >= 0.6 is 0 Å². The Morgan fingerprint density at radius 2 is 1.78 bits per heavy atom. The van der Waals surface area contributed by atoms with Crippen LogP contribution in [0.4, 0.5) is 0 Å². The first-order valence-electron chi connectivity index (χ1n) is 6.43. The normalized spacial score (nSPS) is 12.8. The number of rotatable bonds is 11. The van der Waals surface area contributed by atoms with Gasteiger partial charge in [0.2, 0.25) is 0 Å². The molecule has 0 bridgehead atoms. The number of carbonyl (C=O) groups excluding carboxylic acids is 1. The molecule has 5 heteroatoms. The molecule has 0 aliphatic carbocycles. The van der Waals surface area contributed by atoms with Gasteiger partial charge >= 0.3 is 5.97 Å². The van der Waals surface area contributed by atoms with E-state index in [0.717, 1.165) is 38.5 Å². The second-order valence-corrected chi connectivity index (χ2v) is 4.15. The second kappa shape index (κ2) is 12.5. The van der Waals surface area contributed by atoms with E-state index in [9.17, 15) is 4.79 Å². The lowest BCUT2D eigenvalue weighted by Crippen LogP contribution is -2.21. The fourth-order valence-corrected chi connectivity index (χ4v) is 1.36. The molecule has 0 aliphatic rings. The lowest BCUT2D eigenvalue weighted by Gasteiger charge is -2.05. The van der Waals surface area contributed by atoms with E-state index in [1.165, 1.54) is 6.08 Å². The Bertz CT molecular complexity index is 227. The van der Waals surface area contributed by atoms with Crippen LogP contribution in [0.15, 0.2) is 12.2 Å². The zero-order valence-corrected chi connectivity index (χ0v) is 10.8. The van der Waals surface area contributed by atoms with Crippen LogP contribution in [0.3, 0.4) is 0 Å². The summed E-state index contributed by atoms with van der Waals surface area (Å²) >= 11 is 0. The molecule has 0 saturated carbocycles. The van der Waals surface area contributed by atoms with Crippen LogP contribution in [0, 0.1) is 0 Å². The zero-order valence-electron chi connectivity index (χ0n) is 10.8. The Hall–Kier alpha value is -0.910. The number of esters is 1. The van der Waals surface area contributed by atoms with Crippen molar-refractivity contribution in [2.24, 2.45) is 0 Å². The highest BCUT2D eigenvalue weighted by molar-refractivity contribution is 5.81. The lowest BCUT2D eigenvalue weighted by molar-refractivity contribution is -0.141. The molecule has 0 rings (SSSR count). The van der Waals surface area contributed by atoms with Gasteiger partial charge in [0.1, 0.15) is 12.7 Å². The number of aliphatic hydroxyl groups is 3. The largest absolute Gasteiger partial charge is 0.460 e. The standard InChI is InChI=1S/C13H24O5/c14-9-7-5-3-1-2-4-6-8-13(17)18-11-12(16)10-15/h6,8,12,14-16H,1-5,7,9-11H2. The molecular formula is C13H24O5. The van der Waals surface area contributed by atoms with Crippen LogP contribution in [0.25, 0.3) is 0 Å². The number of hydrogen-bond acceptors (Lipinski definition) is 5. The van der Waals surface area contributed by atoms with Crippen molar-refractivity contribution in [2.75, 3.05) is 19.8 Å². The van der Waals surface area contributed by atoms with E-state index < -0.39 is 18.7 Å². The average Bonchev–Trinajstić information content (AvgIpc) is 2.39. The Labute approximate surface area is 108 Å². The summed E-state index contributed by atoms with van der Waals surface area (Å²) in [5.41, 5.74) is 0. The molecule has 0 aromatic heterocycles. The highest BCUT2D eigenvalue weighted by Gasteiger charge is 2.04. The predicted octanol–water partition coefficient (Wildman–Crippen LogP) is 0.772. The number of hydrogen-bond donors (Lipinski definition) is 3. The smallest absolute Gasteiger partial charge is 0.330 e. The number of unbranched alkanes of at least 4 members (excludes halogenated alkanes) is 5. The van der Waals surface area contributed by atoms with Gasteiger partial charge in [-0.15, -0.1) is 0 Å². The van der Waals surface area contributed by atoms with E-state index in [1.807, 2.05) is 0 Å². The SMILES string of the molecule is O=C(C=CCCCCCCCO)OCC(O)CO. The first-order chi connectivity index (χ1) is 8.70. The van der Waals surface area contributed by atoms with Crippen molar-refractivity contribution in [3.8, 4) is 0 Å². The molecule has 0 aromatic rings. The van der Waals surface area contributed by atoms with Gasteiger partial charge in [0.25, 0.3) is 0 Å². The van der Waals surface area contributed by atoms with Gasteiger partial charge < -0.3 is 20.1 Å². The molecule has 0 aliphatic heterocycles. The molecule has 1 unspecified atom stereocenters. The summed E-state index contributed by atoms with van der Waals surface area (Å²) in [6, 6.07) is 0. The molecule has 106 valence electrons. The summed E-state index contributed by atoms with van der Waals surface area (Å²) in [5, 5.41) is 26.0. The highest BCUT2D eigenvalue weighted by atomic mass is 16.5. The van der Waals surface area contributed by atoms with Crippen LogP contribution in [-0.2, 0) is 9.53 Å². The van der Waals surface area contributed by atoms with Crippen LogP contribution in [-0.4, -0.2) is 47.2 Å². The maximum absolute atomic E-state index is 11.1. The van der Waals surface area contributed by atoms with Gasteiger partial charge in [0, 0.05) is 12.7 Å². The third-order valence-electron chi connectivity index (χ3n) is 2.41. The van der Waals surface area contributed by atoms with Gasteiger partial charge in [-0.1, -0.05) is 25.3 Å². The van der Waals surface area contributed by atoms with Crippen LogP contribution in [0.5, 0.6) is 0 Å². The summed E-state index contributed by atoms with van der Waals surface area (Å²) in [7, 11) is 0. The van der Waals surface area contributed by atoms with Crippen molar-refractivity contribution in [1.29, 1.82) is 0 Å². The first-order valence-corrected chi connectivity index (χ1v) is 6.43. The van der Waals surface area contributed by atoms with Crippen molar-refractivity contribution in [3.63, 3.8) is 0 Å². The van der Waals surface area contributed by atoms with Crippen LogP contribution in [0.1, 0.15) is 38.5 Å². The van der Waals surface area contributed by atoms with Crippen molar-refractivity contribution in [1.82, 2.24) is 0 Å². The van der Waals surface area contributed by atoms with Crippen LogP contribution < -0.4 is 0 Å². The number of carbonyl (C=O) groups is 1. The van der Waals surface area contributed by atoms with Gasteiger partial charge in [-0.25, -0.2) is 4.79 Å². The molecule has 0 saturated heterocycles. The third kappa shape index (κ3) is 11.6. The quantitative estimate of drug-likeness (QED) is 0.290. The topological polar surface area (TPSA) is 87.0 Å². The Morgan fingerprint density at radius 1 is 1.11 bits per heavy atom. The van der Waals surface area contributed by atoms with Gasteiger partial charge in [0.15, 0.2) is 0 Å². The maximum atomic E-state index is 11.1. The summed E-state index contributed by atoms with van der Waals surface area (Å²) in [4.78, 5) is 11.1. The summed E-state index contributed by atoms with van der Waals surface area (Å²) in [5.74, 6) is -0.497. The van der Waals surface area contributed by atoms with E-state index in [-0.39, 0.29) is 13.2 Å². The number of aliphatic hydroxyl groups excluding tert-OH is 3. The Balaban J connectivity index is 3.37. The molecule has 0 fully saturated rings. The van der Waals surface area contributed by atoms with E-state index in [0.29, 0.717) is 0 Å². The summed E-state index contributed by atoms with van der Waals surface area (Å²) < 4.78 is 4.69. The molecule has 0 aromatic carbocycles. The van der Waals surface area contributed by atoms with Gasteiger partial charge in [-0.3, -0.25) is 0 Å². The van der Waals surface area contributed by atoms with Crippen molar-refractivity contribution >= 4 is 5.97 Å². The molecule has 1 atom stereocenters. The molecular weight excluding hydrogens is 236 g/mol. The van der Waals surface area contributed by atoms with Crippen molar-refractivity contribution in [3.05, 3.63) is 12.2 Å². The van der Waals surface area contributed by atoms with E-state index >= 15 is 0 Å². The fourth-order valence-electron chi connectivity index (χ4n) is 1.36. The summed E-state index contributed by atoms with van der Waals surface area (Å²) in [6.45, 7) is -0.336. The monoisotopic (exact) mass is 260 g/mol. The van der Waals surface area contributed by atoms with Gasteiger partial charge in [-0.05, 0) is 19.3 Å². The molecule has 0 heterocycles. The molecule has 0 spiro atoms. The van der Waals surface area contributed by atoms with Gasteiger partial charge in [0.05, 0.1) is 6.61 Å². The third-order valence-corrected chi connectivity index (χ3v) is 2.41. The summed E-state index contributed by atoms with van der Waals surface area (Å²) in [6.07, 6.45) is 8.00. The lowest BCUT2D eigenvalue weighted by atomic mass is 10.1. The Morgan fingerprint density at radius 3 is 2.44 bits per heavy atom. The minimum atomic E-state index is -1.01. The first kappa shape index (κ1) is 17.1. The average molecular weight is 260 g/mol. The molecule has 5 nitrogen and oxygen atoms in total. The maximum Gasteiger partial charge on any atom is 0.330 e. The van der Waals surface area contributed by atoms with E-state index in [2.05, 4.69) is 0 Å². The Kier molecular flexibility index (Phi) is 11.9. The van der Waals surface area contributed by atoms with Crippen molar-refractivity contribution < 1.29 is 24.9 Å². The molecule has 0 radical (unpaired) electrons. The number of allylic oxidation sites excluding steroid dienone is 1. The number of ether oxygens (including phenoxy) is 1. The van der Waals surface area contributed by atoms with E-state index in [1.54, 1.807) is 6.08 Å². The minimum Gasteiger partial charge on any atom is -0.460 e. The second-order valence-electron chi connectivity index (χ2n) is 4.15. The minimum absolute atomic E-state index is 0.180.